The predicted octanol–water partition coefficient (Wildman–Crippen LogP) is 1.26. The molecule has 2 rings (SSSR count). The summed E-state index contributed by atoms with van der Waals surface area (Å²) in [4.78, 5) is 2.27. The van der Waals surface area contributed by atoms with Crippen molar-refractivity contribution in [3.8, 4) is 5.75 Å². The van der Waals surface area contributed by atoms with E-state index < -0.39 is 0 Å². The van der Waals surface area contributed by atoms with Gasteiger partial charge in [-0.15, -0.1) is 0 Å². The second kappa shape index (κ2) is 4.11. The maximum atomic E-state index is 9.54. The van der Waals surface area contributed by atoms with Crippen molar-refractivity contribution in [3.05, 3.63) is 18.2 Å². The van der Waals surface area contributed by atoms with Crippen molar-refractivity contribution < 1.29 is 9.59 Å². The Morgan fingerprint density at radius 3 is 2.65 bits per heavy atom. The van der Waals surface area contributed by atoms with Crippen LogP contribution in [-0.4, -0.2) is 49.9 Å². The van der Waals surface area contributed by atoms with Crippen LogP contribution in [-0.2, 0) is 0 Å². The number of nitrogens with two attached hydrogens (primary N) is 1. The van der Waals surface area contributed by atoms with Gasteiger partial charge in [0.1, 0.15) is 11.8 Å². The van der Waals surface area contributed by atoms with Crippen LogP contribution in [0.1, 0.15) is 6.42 Å². The number of nitrogen functional groups attached to an aromatic ring is 1. The first kappa shape index (κ1) is 12.0. The summed E-state index contributed by atoms with van der Waals surface area (Å²) >= 11 is 0. The van der Waals surface area contributed by atoms with Crippen molar-refractivity contribution in [2.24, 2.45) is 0 Å². The van der Waals surface area contributed by atoms with Crippen LogP contribution in [0.25, 0.3) is 0 Å². The number of phenolic OH excluding ortho intramolecular Hbond substituents is 1. The van der Waals surface area contributed by atoms with Crippen LogP contribution >= 0.6 is 0 Å². The largest absolute Gasteiger partial charge is 0.508 e. The molecule has 0 radical (unpaired) electrons. The van der Waals surface area contributed by atoms with E-state index in [1.165, 1.54) is 6.42 Å². The second-order valence-electron chi connectivity index (χ2n) is 5.75. The molecular weight excluding hydrogens is 214 g/mol. The summed E-state index contributed by atoms with van der Waals surface area (Å²) in [5.41, 5.74) is 7.67. The zero-order valence-corrected chi connectivity index (χ0v) is 10.8. The third-order valence-electron chi connectivity index (χ3n) is 3.61. The number of hydrogen-bond donors (Lipinski definition) is 2. The third kappa shape index (κ3) is 2.47. The Labute approximate surface area is 103 Å². The van der Waals surface area contributed by atoms with E-state index in [-0.39, 0.29) is 5.75 Å². The Hall–Kier alpha value is -1.42. The van der Waals surface area contributed by atoms with Crippen molar-refractivity contribution in [1.29, 1.82) is 0 Å². The molecule has 1 saturated heterocycles. The monoisotopic (exact) mass is 236 g/mol. The van der Waals surface area contributed by atoms with Crippen LogP contribution in [0.3, 0.4) is 0 Å². The highest BCUT2D eigenvalue weighted by atomic mass is 16.3. The van der Waals surface area contributed by atoms with Crippen molar-refractivity contribution >= 4 is 11.4 Å². The SMILES string of the molecule is C[N+](C)(C)C1CCN(c2cc(O)ccc2N)C1. The van der Waals surface area contributed by atoms with Crippen molar-refractivity contribution in [2.75, 3.05) is 44.9 Å². The fourth-order valence-electron chi connectivity index (χ4n) is 2.40. The number of anilines is 2. The molecule has 0 spiro atoms. The number of nitrogens with zero attached hydrogens (tertiary/aromatic N) is 2. The summed E-state index contributed by atoms with van der Waals surface area (Å²) in [6.07, 6.45) is 1.17. The molecule has 3 N–H and O–H groups in total. The molecule has 1 aromatic rings. The lowest BCUT2D eigenvalue weighted by atomic mass is 10.2. The number of rotatable bonds is 2. The van der Waals surface area contributed by atoms with E-state index >= 15 is 0 Å². The highest BCUT2D eigenvalue weighted by Crippen LogP contribution is 2.31. The van der Waals surface area contributed by atoms with Crippen LogP contribution in [0.15, 0.2) is 18.2 Å². The van der Waals surface area contributed by atoms with E-state index in [4.69, 9.17) is 5.73 Å². The molecule has 17 heavy (non-hydrogen) atoms. The molecule has 4 heteroatoms. The Kier molecular flexibility index (Phi) is 2.91. The Balaban J connectivity index is 2.18. The second-order valence-corrected chi connectivity index (χ2v) is 5.75. The van der Waals surface area contributed by atoms with Crippen molar-refractivity contribution in [2.45, 2.75) is 12.5 Å². The average Bonchev–Trinajstić information content (AvgIpc) is 2.70. The van der Waals surface area contributed by atoms with Crippen LogP contribution in [0.4, 0.5) is 11.4 Å². The van der Waals surface area contributed by atoms with Crippen LogP contribution in [0, 0.1) is 0 Å². The molecular formula is C13H22N3O+. The van der Waals surface area contributed by atoms with E-state index in [1.807, 2.05) is 0 Å². The van der Waals surface area contributed by atoms with Crippen molar-refractivity contribution in [1.82, 2.24) is 0 Å². The van der Waals surface area contributed by atoms with Crippen LogP contribution in [0.2, 0.25) is 0 Å². The van der Waals surface area contributed by atoms with Gasteiger partial charge in [-0.25, -0.2) is 0 Å². The van der Waals surface area contributed by atoms with Gasteiger partial charge >= 0.3 is 0 Å². The first-order chi connectivity index (χ1) is 7.88. The molecule has 0 amide bonds. The molecule has 0 aromatic heterocycles. The lowest BCUT2D eigenvalue weighted by Gasteiger charge is -2.31. The Bertz CT molecular complexity index is 412. The summed E-state index contributed by atoms with van der Waals surface area (Å²) in [5.74, 6) is 0.280. The van der Waals surface area contributed by atoms with E-state index in [0.29, 0.717) is 6.04 Å². The molecule has 94 valence electrons. The van der Waals surface area contributed by atoms with Gasteiger partial charge in [0, 0.05) is 19.0 Å². The maximum absolute atomic E-state index is 9.54. The Morgan fingerprint density at radius 2 is 2.06 bits per heavy atom. The molecule has 0 aliphatic carbocycles. The van der Waals surface area contributed by atoms with Gasteiger partial charge in [-0.05, 0) is 12.1 Å². The minimum Gasteiger partial charge on any atom is -0.508 e. The molecule has 0 bridgehead atoms. The van der Waals surface area contributed by atoms with Gasteiger partial charge in [0.05, 0.1) is 39.1 Å². The summed E-state index contributed by atoms with van der Waals surface area (Å²) in [6, 6.07) is 5.78. The standard InChI is InChI=1S/C13H21N3O/c1-16(2,3)10-6-7-15(9-10)13-8-11(17)4-5-12(13)14/h4-5,8,10H,6-7,9,14H2,1-3H3/p+1. The Morgan fingerprint density at radius 1 is 1.35 bits per heavy atom. The smallest absolute Gasteiger partial charge is 0.117 e. The summed E-state index contributed by atoms with van der Waals surface area (Å²) in [7, 11) is 6.67. The van der Waals surface area contributed by atoms with Crippen LogP contribution in [0.5, 0.6) is 5.75 Å². The van der Waals surface area contributed by atoms with Gasteiger partial charge in [0.25, 0.3) is 0 Å². The fraction of sp³-hybridized carbons (Fsp3) is 0.538. The molecule has 1 aliphatic heterocycles. The van der Waals surface area contributed by atoms with Gasteiger partial charge in [0.2, 0.25) is 0 Å². The number of aromatic hydroxyl groups is 1. The molecule has 0 saturated carbocycles. The predicted molar refractivity (Wildman–Crippen MR) is 71.2 cm³/mol. The fourth-order valence-corrected chi connectivity index (χ4v) is 2.40. The normalized spacial score (nSPS) is 20.9. The first-order valence-electron chi connectivity index (χ1n) is 6.02. The molecule has 1 aromatic carbocycles. The first-order valence-corrected chi connectivity index (χ1v) is 6.02. The molecule has 1 heterocycles. The molecule has 1 atom stereocenters. The third-order valence-corrected chi connectivity index (χ3v) is 3.61. The quantitative estimate of drug-likeness (QED) is 0.462. The summed E-state index contributed by atoms with van der Waals surface area (Å²) in [6.45, 7) is 2.00. The number of likely N-dealkylation sites (N-methyl/N-ethyl adjacent to an activating group) is 1. The lowest BCUT2D eigenvalue weighted by molar-refractivity contribution is -0.893. The van der Waals surface area contributed by atoms with E-state index in [0.717, 1.165) is 28.9 Å². The van der Waals surface area contributed by atoms with Crippen LogP contribution < -0.4 is 10.6 Å². The van der Waals surface area contributed by atoms with E-state index in [9.17, 15) is 5.11 Å². The minimum atomic E-state index is 0.280. The highest BCUT2D eigenvalue weighted by molar-refractivity contribution is 5.69. The zero-order valence-electron chi connectivity index (χ0n) is 10.8. The number of hydrogen-bond acceptors (Lipinski definition) is 3. The van der Waals surface area contributed by atoms with Gasteiger partial charge in [-0.3, -0.25) is 0 Å². The average molecular weight is 236 g/mol. The zero-order chi connectivity index (χ0) is 12.6. The van der Waals surface area contributed by atoms with Crippen molar-refractivity contribution in [3.63, 3.8) is 0 Å². The number of quaternary nitrogens is 1. The molecule has 4 nitrogen and oxygen atoms in total. The van der Waals surface area contributed by atoms with E-state index in [1.54, 1.807) is 18.2 Å². The highest BCUT2D eigenvalue weighted by Gasteiger charge is 2.32. The summed E-state index contributed by atoms with van der Waals surface area (Å²) in [5, 5.41) is 9.54. The van der Waals surface area contributed by atoms with Gasteiger partial charge in [-0.1, -0.05) is 0 Å². The topological polar surface area (TPSA) is 49.5 Å². The van der Waals surface area contributed by atoms with E-state index in [2.05, 4.69) is 26.0 Å². The summed E-state index contributed by atoms with van der Waals surface area (Å²) < 4.78 is 0.967. The molecule has 1 fully saturated rings. The number of phenols is 1. The molecule has 1 unspecified atom stereocenters. The van der Waals surface area contributed by atoms with Gasteiger partial charge in [-0.2, -0.15) is 0 Å². The van der Waals surface area contributed by atoms with Gasteiger partial charge in [0.15, 0.2) is 0 Å². The molecule has 1 aliphatic rings. The maximum Gasteiger partial charge on any atom is 0.117 e. The lowest BCUT2D eigenvalue weighted by Crippen LogP contribution is -2.46. The number of benzene rings is 1. The van der Waals surface area contributed by atoms with Gasteiger partial charge < -0.3 is 20.2 Å². The minimum absolute atomic E-state index is 0.280.